The molecule has 8 nitrogen and oxygen atoms in total. The highest BCUT2D eigenvalue weighted by molar-refractivity contribution is 5.54. The molecule has 2 heterocycles. The number of hydrogen-bond donors (Lipinski definition) is 0. The van der Waals surface area contributed by atoms with Gasteiger partial charge in [0, 0.05) is 23.8 Å². The molecule has 0 aliphatic carbocycles. The molecule has 2 aromatic rings. The maximum Gasteiger partial charge on any atom is 0.200 e. The minimum absolute atomic E-state index is 0.477. The van der Waals surface area contributed by atoms with Crippen molar-refractivity contribution in [2.24, 2.45) is 12.2 Å². The van der Waals surface area contributed by atoms with Crippen molar-refractivity contribution in [1.29, 1.82) is 0 Å². The molecular weight excluding hydrogens is 196 g/mol. The summed E-state index contributed by atoms with van der Waals surface area (Å²) >= 11 is 0. The van der Waals surface area contributed by atoms with Gasteiger partial charge in [0.1, 0.15) is 5.69 Å². The number of aromatic nitrogens is 5. The Morgan fingerprint density at radius 1 is 1.53 bits per heavy atom. The van der Waals surface area contributed by atoms with Gasteiger partial charge >= 0.3 is 0 Å². The molecule has 0 atom stereocenters. The Morgan fingerprint density at radius 2 is 2.40 bits per heavy atom. The highest BCUT2D eigenvalue weighted by Crippen LogP contribution is 2.18. The van der Waals surface area contributed by atoms with Gasteiger partial charge in [-0.2, -0.15) is 0 Å². The average Bonchev–Trinajstić information content (AvgIpc) is 2.65. The molecule has 2 rings (SSSR count). The third-order valence-electron chi connectivity index (χ3n) is 1.75. The second kappa shape index (κ2) is 3.72. The van der Waals surface area contributed by atoms with Gasteiger partial charge in [0.2, 0.25) is 0 Å². The van der Waals surface area contributed by atoms with Gasteiger partial charge in [-0.25, -0.2) is 4.68 Å². The predicted molar refractivity (Wildman–Crippen MR) is 50.8 cm³/mol. The van der Waals surface area contributed by atoms with E-state index in [-0.39, 0.29) is 0 Å². The quantitative estimate of drug-likeness (QED) is 0.414. The zero-order valence-corrected chi connectivity index (χ0v) is 7.81. The SMILES string of the molecule is Cn1nnnc1-c1cc(N=[N+]=[N-])ccn1. The zero-order chi connectivity index (χ0) is 10.7. The predicted octanol–water partition coefficient (Wildman–Crippen LogP) is 1.21. The van der Waals surface area contributed by atoms with E-state index < -0.39 is 0 Å². The zero-order valence-electron chi connectivity index (χ0n) is 7.81. The minimum atomic E-state index is 0.477. The van der Waals surface area contributed by atoms with E-state index in [1.807, 2.05) is 0 Å². The van der Waals surface area contributed by atoms with Gasteiger partial charge in [-0.1, -0.05) is 5.11 Å². The van der Waals surface area contributed by atoms with Crippen molar-refractivity contribution >= 4 is 5.69 Å². The van der Waals surface area contributed by atoms with Gasteiger partial charge < -0.3 is 0 Å². The minimum Gasteiger partial charge on any atom is -0.253 e. The van der Waals surface area contributed by atoms with Crippen LogP contribution >= 0.6 is 0 Å². The molecule has 0 fully saturated rings. The summed E-state index contributed by atoms with van der Waals surface area (Å²) in [5.74, 6) is 0.519. The summed E-state index contributed by atoms with van der Waals surface area (Å²) in [4.78, 5) is 6.77. The maximum atomic E-state index is 8.29. The highest BCUT2D eigenvalue weighted by atomic mass is 15.5. The van der Waals surface area contributed by atoms with E-state index in [1.54, 1.807) is 19.2 Å². The summed E-state index contributed by atoms with van der Waals surface area (Å²) in [6, 6.07) is 3.22. The molecule has 0 aliphatic heterocycles. The van der Waals surface area contributed by atoms with Gasteiger partial charge in [-0.3, -0.25) is 4.98 Å². The molecule has 0 aliphatic rings. The summed E-state index contributed by atoms with van der Waals surface area (Å²) in [7, 11) is 1.71. The van der Waals surface area contributed by atoms with Crippen LogP contribution in [-0.4, -0.2) is 25.2 Å². The maximum absolute atomic E-state index is 8.29. The number of aryl methyl sites for hydroxylation is 1. The molecule has 0 radical (unpaired) electrons. The number of hydrogen-bond acceptors (Lipinski definition) is 5. The lowest BCUT2D eigenvalue weighted by atomic mass is 10.3. The standard InChI is InChI=1S/C7H6N8/c1-15-7(11-13-14-15)6-4-5(10-12-8)2-3-9-6/h2-4H,1H3. The molecule has 0 N–H and O–H groups in total. The van der Waals surface area contributed by atoms with Crippen LogP contribution in [0.2, 0.25) is 0 Å². The summed E-state index contributed by atoms with van der Waals surface area (Å²) in [6.45, 7) is 0. The van der Waals surface area contributed by atoms with E-state index in [0.29, 0.717) is 17.2 Å². The Hall–Kier alpha value is -2.47. The van der Waals surface area contributed by atoms with Gasteiger partial charge in [-0.05, 0) is 28.1 Å². The van der Waals surface area contributed by atoms with Crippen LogP contribution in [0.4, 0.5) is 5.69 Å². The van der Waals surface area contributed by atoms with Crippen LogP contribution in [0.5, 0.6) is 0 Å². The Balaban J connectivity index is 2.50. The Morgan fingerprint density at radius 3 is 3.07 bits per heavy atom. The average molecular weight is 202 g/mol. The van der Waals surface area contributed by atoms with Crippen molar-refractivity contribution in [3.63, 3.8) is 0 Å². The molecule has 0 aromatic carbocycles. The first kappa shape index (κ1) is 9.10. The largest absolute Gasteiger partial charge is 0.253 e. The summed E-state index contributed by atoms with van der Waals surface area (Å²) in [5, 5.41) is 14.4. The van der Waals surface area contributed by atoms with E-state index >= 15 is 0 Å². The first-order valence-corrected chi connectivity index (χ1v) is 4.05. The third-order valence-corrected chi connectivity index (χ3v) is 1.75. The molecule has 8 heteroatoms. The van der Waals surface area contributed by atoms with Crippen LogP contribution in [0.3, 0.4) is 0 Å². The van der Waals surface area contributed by atoms with Gasteiger partial charge in [0.25, 0.3) is 0 Å². The molecule has 2 aromatic heterocycles. The normalized spacial score (nSPS) is 9.67. The van der Waals surface area contributed by atoms with Crippen molar-refractivity contribution in [3.8, 4) is 11.5 Å². The van der Waals surface area contributed by atoms with Crippen LogP contribution in [0.1, 0.15) is 0 Å². The molecule has 0 amide bonds. The van der Waals surface area contributed by atoms with Crippen LogP contribution in [0.15, 0.2) is 23.4 Å². The van der Waals surface area contributed by atoms with Crippen molar-refractivity contribution in [1.82, 2.24) is 25.2 Å². The van der Waals surface area contributed by atoms with Crippen molar-refractivity contribution < 1.29 is 0 Å². The second-order valence-corrected chi connectivity index (χ2v) is 2.71. The molecular formula is C7H6N8. The van der Waals surface area contributed by atoms with Crippen molar-refractivity contribution in [2.45, 2.75) is 0 Å². The molecule has 74 valence electrons. The van der Waals surface area contributed by atoms with Crippen LogP contribution in [-0.2, 0) is 7.05 Å². The number of tetrazole rings is 1. The molecule has 0 saturated carbocycles. The summed E-state index contributed by atoms with van der Waals surface area (Å²) in [6.07, 6.45) is 1.54. The lowest BCUT2D eigenvalue weighted by Crippen LogP contribution is -1.95. The van der Waals surface area contributed by atoms with Crippen molar-refractivity contribution in [2.75, 3.05) is 0 Å². The first-order valence-electron chi connectivity index (χ1n) is 4.05. The monoisotopic (exact) mass is 202 g/mol. The van der Waals surface area contributed by atoms with E-state index in [9.17, 15) is 0 Å². The lowest BCUT2D eigenvalue weighted by Gasteiger charge is -1.98. The van der Waals surface area contributed by atoms with Gasteiger partial charge in [0.05, 0.1) is 0 Å². The van der Waals surface area contributed by atoms with E-state index in [1.165, 1.54) is 10.9 Å². The van der Waals surface area contributed by atoms with Crippen LogP contribution in [0.25, 0.3) is 22.0 Å². The molecule has 15 heavy (non-hydrogen) atoms. The molecule has 0 spiro atoms. The molecule has 0 saturated heterocycles. The van der Waals surface area contributed by atoms with E-state index in [0.717, 1.165) is 0 Å². The lowest BCUT2D eigenvalue weighted by molar-refractivity contribution is 0.713. The Labute approximate surface area is 84.2 Å². The van der Waals surface area contributed by atoms with Gasteiger partial charge in [-0.15, -0.1) is 5.10 Å². The number of pyridine rings is 1. The van der Waals surface area contributed by atoms with Crippen molar-refractivity contribution in [3.05, 3.63) is 28.8 Å². The summed E-state index contributed by atoms with van der Waals surface area (Å²) < 4.78 is 1.49. The number of nitrogens with zero attached hydrogens (tertiary/aromatic N) is 8. The van der Waals surface area contributed by atoms with Crippen LogP contribution < -0.4 is 0 Å². The summed E-state index contributed by atoms with van der Waals surface area (Å²) in [5.41, 5.74) is 9.33. The third kappa shape index (κ3) is 1.74. The van der Waals surface area contributed by atoms with Gasteiger partial charge in [0.15, 0.2) is 5.82 Å². The van der Waals surface area contributed by atoms with E-state index in [4.69, 9.17) is 5.53 Å². The fourth-order valence-electron chi connectivity index (χ4n) is 1.10. The Kier molecular flexibility index (Phi) is 2.26. The fourth-order valence-corrected chi connectivity index (χ4v) is 1.10. The molecule has 0 unspecified atom stereocenters. The number of azide groups is 1. The second-order valence-electron chi connectivity index (χ2n) is 2.71. The van der Waals surface area contributed by atoms with Crippen LogP contribution in [0, 0.1) is 0 Å². The topological polar surface area (TPSA) is 105 Å². The smallest absolute Gasteiger partial charge is 0.200 e. The fraction of sp³-hybridized carbons (Fsp3) is 0.143. The highest BCUT2D eigenvalue weighted by Gasteiger charge is 2.06. The molecule has 0 bridgehead atoms. The first-order chi connectivity index (χ1) is 7.31. The Bertz CT molecular complexity index is 523. The van der Waals surface area contributed by atoms with E-state index in [2.05, 4.69) is 30.5 Å². The number of rotatable bonds is 2.